The van der Waals surface area contributed by atoms with Gasteiger partial charge in [-0.15, -0.1) is 0 Å². The number of anilines is 1. The van der Waals surface area contributed by atoms with E-state index in [9.17, 15) is 19.5 Å². The molecule has 0 bridgehead atoms. The number of benzene rings is 1. The number of likely N-dealkylation sites (N-methyl/N-ethyl adjacent to an activating group) is 1. The maximum absolute atomic E-state index is 13.4. The van der Waals surface area contributed by atoms with Gasteiger partial charge in [0.1, 0.15) is 11.9 Å². The number of fused-ring (bicyclic) bond motifs is 1. The predicted octanol–water partition coefficient (Wildman–Crippen LogP) is 3.40. The number of carbonyl (C=O) groups excluding carboxylic acids is 3. The van der Waals surface area contributed by atoms with E-state index in [1.54, 1.807) is 22.9 Å². The highest BCUT2D eigenvalue weighted by molar-refractivity contribution is 5.93. The van der Waals surface area contributed by atoms with Gasteiger partial charge in [0.25, 0.3) is 0 Å². The van der Waals surface area contributed by atoms with Crippen molar-refractivity contribution in [3.8, 4) is 5.75 Å². The van der Waals surface area contributed by atoms with Crippen molar-refractivity contribution in [3.05, 3.63) is 23.8 Å². The summed E-state index contributed by atoms with van der Waals surface area (Å²) in [5, 5.41) is 15.8. The van der Waals surface area contributed by atoms with Gasteiger partial charge in [-0.3, -0.25) is 9.59 Å². The van der Waals surface area contributed by atoms with Crippen LogP contribution < -0.4 is 15.4 Å². The average Bonchev–Trinajstić information content (AvgIpc) is 2.91. The number of nitrogens with zero attached hydrogens (tertiary/aromatic N) is 2. The fraction of sp³-hybridized carbons (Fsp3) is 0.679. The number of ether oxygens (including phenoxy) is 1. The molecule has 0 spiro atoms. The third kappa shape index (κ3) is 7.84. The first-order valence-electron chi connectivity index (χ1n) is 13.6. The van der Waals surface area contributed by atoms with E-state index in [0.29, 0.717) is 30.1 Å². The summed E-state index contributed by atoms with van der Waals surface area (Å²) in [6.45, 7) is 8.20. The third-order valence-corrected chi connectivity index (χ3v) is 7.37. The molecule has 3 N–H and O–H groups in total. The van der Waals surface area contributed by atoms with E-state index in [4.69, 9.17) is 4.74 Å². The Morgan fingerprint density at radius 2 is 1.89 bits per heavy atom. The molecule has 3 atom stereocenters. The van der Waals surface area contributed by atoms with Crippen LogP contribution in [0.1, 0.15) is 65.4 Å². The molecule has 1 heterocycles. The smallest absolute Gasteiger partial charge is 0.317 e. The first-order chi connectivity index (χ1) is 17.6. The highest BCUT2D eigenvalue weighted by Crippen LogP contribution is 2.30. The normalized spacial score (nSPS) is 21.7. The van der Waals surface area contributed by atoms with Gasteiger partial charge in [-0.1, -0.05) is 26.2 Å². The molecule has 2 aliphatic rings. The summed E-state index contributed by atoms with van der Waals surface area (Å²) in [4.78, 5) is 42.1. The zero-order chi connectivity index (χ0) is 27.1. The van der Waals surface area contributed by atoms with Crippen LogP contribution in [0, 0.1) is 11.8 Å². The molecule has 0 unspecified atom stereocenters. The standard InChI is InChI=1S/C28H44N4O5/c1-18(2)29-28(36)31(5)16-25-19(3)15-32(20(4)17-33)26(34)14-22-13-23(11-12-24(22)37-25)30-27(35)21-9-7-6-8-10-21/h11-13,18-21,25,33H,6-10,14-17H2,1-5H3,(H,29,36)(H,30,35)/t19-,20-,25-/m0/s1. The molecule has 1 saturated carbocycles. The van der Waals surface area contributed by atoms with Crippen molar-refractivity contribution in [2.45, 2.75) is 84.4 Å². The van der Waals surface area contributed by atoms with E-state index in [1.165, 1.54) is 6.42 Å². The number of aliphatic hydroxyl groups excluding tert-OH is 1. The summed E-state index contributed by atoms with van der Waals surface area (Å²) in [7, 11) is 1.73. The molecule has 9 heteroatoms. The van der Waals surface area contributed by atoms with Crippen LogP contribution in [0.3, 0.4) is 0 Å². The maximum atomic E-state index is 13.4. The molecule has 0 saturated heterocycles. The summed E-state index contributed by atoms with van der Waals surface area (Å²) in [6, 6.07) is 4.90. The second-order valence-corrected chi connectivity index (χ2v) is 11.0. The Balaban J connectivity index is 1.87. The monoisotopic (exact) mass is 516 g/mol. The Morgan fingerprint density at radius 3 is 2.54 bits per heavy atom. The minimum atomic E-state index is -0.386. The first kappa shape index (κ1) is 28.8. The Labute approximate surface area is 220 Å². The highest BCUT2D eigenvalue weighted by Gasteiger charge is 2.32. The zero-order valence-corrected chi connectivity index (χ0v) is 23.0. The van der Waals surface area contributed by atoms with Gasteiger partial charge in [0.05, 0.1) is 25.6 Å². The molecule has 4 amide bonds. The van der Waals surface area contributed by atoms with Gasteiger partial charge in [0.2, 0.25) is 11.8 Å². The number of carbonyl (C=O) groups is 3. The maximum Gasteiger partial charge on any atom is 0.317 e. The molecule has 0 radical (unpaired) electrons. The molecule has 1 aromatic rings. The lowest BCUT2D eigenvalue weighted by Crippen LogP contribution is -2.49. The van der Waals surface area contributed by atoms with E-state index < -0.39 is 0 Å². The molecule has 206 valence electrons. The summed E-state index contributed by atoms with van der Waals surface area (Å²) < 4.78 is 6.47. The SMILES string of the molecule is CC(C)NC(=O)N(C)C[C@@H]1Oc2ccc(NC(=O)C3CCCCC3)cc2CC(=O)N([C@@H](C)CO)C[C@@H]1C. The number of hydrogen-bond acceptors (Lipinski definition) is 5. The van der Waals surface area contributed by atoms with Gasteiger partial charge < -0.3 is 30.3 Å². The van der Waals surface area contributed by atoms with E-state index in [2.05, 4.69) is 10.6 Å². The first-order valence-corrected chi connectivity index (χ1v) is 13.6. The number of rotatable bonds is 7. The molecule has 37 heavy (non-hydrogen) atoms. The third-order valence-electron chi connectivity index (χ3n) is 7.37. The number of amides is 4. The summed E-state index contributed by atoms with van der Waals surface area (Å²) in [5.41, 5.74) is 1.32. The van der Waals surface area contributed by atoms with Crippen LogP contribution in [0.2, 0.25) is 0 Å². The van der Waals surface area contributed by atoms with Gasteiger partial charge in [-0.25, -0.2) is 4.79 Å². The molecular weight excluding hydrogens is 472 g/mol. The fourth-order valence-electron chi connectivity index (χ4n) is 5.04. The van der Waals surface area contributed by atoms with Crippen LogP contribution in [0.25, 0.3) is 0 Å². The van der Waals surface area contributed by atoms with E-state index >= 15 is 0 Å². The minimum Gasteiger partial charge on any atom is -0.488 e. The minimum absolute atomic E-state index is 0.00955. The number of urea groups is 1. The molecule has 1 fully saturated rings. The fourth-order valence-corrected chi connectivity index (χ4v) is 5.04. The van der Waals surface area contributed by atoms with Crippen LogP contribution in [0.15, 0.2) is 18.2 Å². The second kappa shape index (κ2) is 13.1. The summed E-state index contributed by atoms with van der Waals surface area (Å²) in [5.74, 6) is 0.395. The van der Waals surface area contributed by atoms with Crippen LogP contribution in [0.4, 0.5) is 10.5 Å². The molecule has 1 aliphatic carbocycles. The summed E-state index contributed by atoms with van der Waals surface area (Å²) in [6.07, 6.45) is 4.85. The lowest BCUT2D eigenvalue weighted by atomic mass is 9.88. The molecule has 9 nitrogen and oxygen atoms in total. The quantitative estimate of drug-likeness (QED) is 0.514. The molecule has 3 rings (SSSR count). The average molecular weight is 517 g/mol. The highest BCUT2D eigenvalue weighted by atomic mass is 16.5. The molecule has 0 aromatic heterocycles. The van der Waals surface area contributed by atoms with Crippen molar-refractivity contribution < 1.29 is 24.2 Å². The predicted molar refractivity (Wildman–Crippen MR) is 143 cm³/mol. The van der Waals surface area contributed by atoms with Crippen LogP contribution in [-0.4, -0.2) is 77.7 Å². The van der Waals surface area contributed by atoms with Crippen molar-refractivity contribution in [1.82, 2.24) is 15.1 Å². The second-order valence-electron chi connectivity index (χ2n) is 11.0. The number of hydrogen-bond donors (Lipinski definition) is 3. The Hall–Kier alpha value is -2.81. The topological polar surface area (TPSA) is 111 Å². The Morgan fingerprint density at radius 1 is 1.19 bits per heavy atom. The van der Waals surface area contributed by atoms with Crippen LogP contribution >= 0.6 is 0 Å². The van der Waals surface area contributed by atoms with Gasteiger partial charge in [-0.05, 0) is 51.8 Å². The van der Waals surface area contributed by atoms with Gasteiger partial charge >= 0.3 is 6.03 Å². The van der Waals surface area contributed by atoms with Crippen molar-refractivity contribution in [1.29, 1.82) is 0 Å². The molecule has 1 aromatic carbocycles. The van der Waals surface area contributed by atoms with Crippen LogP contribution in [-0.2, 0) is 16.0 Å². The lowest BCUT2D eigenvalue weighted by molar-refractivity contribution is -0.134. The van der Waals surface area contributed by atoms with Crippen molar-refractivity contribution in [3.63, 3.8) is 0 Å². The van der Waals surface area contributed by atoms with E-state index in [0.717, 1.165) is 25.7 Å². The van der Waals surface area contributed by atoms with Crippen LogP contribution in [0.5, 0.6) is 5.75 Å². The molecule has 1 aliphatic heterocycles. The lowest BCUT2D eigenvalue weighted by Gasteiger charge is -2.34. The van der Waals surface area contributed by atoms with E-state index in [-0.39, 0.29) is 60.9 Å². The Kier molecular flexibility index (Phi) is 10.2. The van der Waals surface area contributed by atoms with Crippen molar-refractivity contribution in [2.24, 2.45) is 11.8 Å². The van der Waals surface area contributed by atoms with Gasteiger partial charge in [0, 0.05) is 42.7 Å². The number of aliphatic hydroxyl groups is 1. The van der Waals surface area contributed by atoms with Crippen molar-refractivity contribution in [2.75, 3.05) is 32.1 Å². The Bertz CT molecular complexity index is 947. The summed E-state index contributed by atoms with van der Waals surface area (Å²) >= 11 is 0. The largest absolute Gasteiger partial charge is 0.488 e. The van der Waals surface area contributed by atoms with Gasteiger partial charge in [-0.2, -0.15) is 0 Å². The zero-order valence-electron chi connectivity index (χ0n) is 23.0. The van der Waals surface area contributed by atoms with E-state index in [1.807, 2.05) is 39.8 Å². The molecular formula is C28H44N4O5. The van der Waals surface area contributed by atoms with Crippen molar-refractivity contribution >= 4 is 23.5 Å². The number of nitrogens with one attached hydrogen (secondary N) is 2. The van der Waals surface area contributed by atoms with Gasteiger partial charge in [0.15, 0.2) is 0 Å².